The summed E-state index contributed by atoms with van der Waals surface area (Å²) >= 11 is 10.4. The monoisotopic (exact) mass is 346 g/mol. The fourth-order valence-electron chi connectivity index (χ4n) is 2.82. The third kappa shape index (κ3) is 2.79. The second kappa shape index (κ2) is 6.02. The Morgan fingerprint density at radius 1 is 1.47 bits per heavy atom. The van der Waals surface area contributed by atoms with E-state index in [9.17, 15) is 0 Å². The predicted molar refractivity (Wildman–Crippen MR) is 82.3 cm³/mol. The molecule has 0 radical (unpaired) electrons. The van der Waals surface area contributed by atoms with E-state index < -0.39 is 0 Å². The Kier molecular flexibility index (Phi) is 4.80. The molecule has 1 aliphatic heterocycles. The van der Waals surface area contributed by atoms with Crippen LogP contribution in [0.15, 0.2) is 10.5 Å². The summed E-state index contributed by atoms with van der Waals surface area (Å²) in [7, 11) is 1.71. The van der Waals surface area contributed by atoms with Gasteiger partial charge in [0.2, 0.25) is 0 Å². The lowest BCUT2D eigenvalue weighted by molar-refractivity contribution is 0.104. The van der Waals surface area contributed by atoms with Crippen LogP contribution < -0.4 is 4.74 Å². The fourth-order valence-corrected chi connectivity index (χ4v) is 3.98. The largest absolute Gasteiger partial charge is 0.496 e. The molecule has 0 saturated carbocycles. The molecule has 0 aliphatic carbocycles. The lowest BCUT2D eigenvalue weighted by Gasteiger charge is -2.25. The summed E-state index contributed by atoms with van der Waals surface area (Å²) in [5.74, 6) is 1.24. The first-order chi connectivity index (χ1) is 8.97. The molecule has 106 valence electrons. The number of alkyl halides is 1. The van der Waals surface area contributed by atoms with E-state index in [1.165, 1.54) is 0 Å². The van der Waals surface area contributed by atoms with Crippen molar-refractivity contribution in [3.05, 3.63) is 27.2 Å². The first-order valence-electron chi connectivity index (χ1n) is 6.56. The van der Waals surface area contributed by atoms with Gasteiger partial charge in [-0.25, -0.2) is 0 Å². The van der Waals surface area contributed by atoms with Crippen molar-refractivity contribution in [3.8, 4) is 5.75 Å². The number of halogens is 2. The van der Waals surface area contributed by atoms with E-state index in [0.717, 1.165) is 39.9 Å². The van der Waals surface area contributed by atoms with Gasteiger partial charge in [0.25, 0.3) is 0 Å². The van der Waals surface area contributed by atoms with E-state index >= 15 is 0 Å². The van der Waals surface area contributed by atoms with Crippen LogP contribution >= 0.6 is 27.5 Å². The van der Waals surface area contributed by atoms with E-state index in [2.05, 4.69) is 35.8 Å². The summed E-state index contributed by atoms with van der Waals surface area (Å²) in [6, 6.07) is 2.08. The minimum Gasteiger partial charge on any atom is -0.496 e. The minimum atomic E-state index is -0.0800. The lowest BCUT2D eigenvalue weighted by atomic mass is 9.89. The van der Waals surface area contributed by atoms with Gasteiger partial charge in [-0.05, 0) is 44.4 Å². The maximum atomic E-state index is 6.76. The Hall–Kier alpha value is -0.250. The number of methoxy groups -OCH3 is 1. The van der Waals surface area contributed by atoms with Gasteiger partial charge in [-0.2, -0.15) is 0 Å². The van der Waals surface area contributed by atoms with Crippen molar-refractivity contribution >= 4 is 27.5 Å². The summed E-state index contributed by atoms with van der Waals surface area (Å²) in [4.78, 5) is 0. The van der Waals surface area contributed by atoms with Crippen LogP contribution in [-0.2, 0) is 4.74 Å². The Bertz CT molecular complexity index is 476. The molecule has 0 amide bonds. The van der Waals surface area contributed by atoms with Crippen molar-refractivity contribution in [1.82, 2.24) is 0 Å². The van der Waals surface area contributed by atoms with Crippen LogP contribution in [0, 0.1) is 19.8 Å². The Labute approximate surface area is 128 Å². The second-order valence-corrected chi connectivity index (χ2v) is 6.50. The third-order valence-electron chi connectivity index (χ3n) is 4.00. The molecule has 3 unspecified atom stereocenters. The number of ether oxygens (including phenoxy) is 2. The van der Waals surface area contributed by atoms with E-state index in [4.69, 9.17) is 21.1 Å². The summed E-state index contributed by atoms with van der Waals surface area (Å²) in [6.07, 6.45) is 1.20. The van der Waals surface area contributed by atoms with Crippen molar-refractivity contribution in [2.45, 2.75) is 38.7 Å². The highest BCUT2D eigenvalue weighted by Gasteiger charge is 2.34. The SMILES string of the molecule is COc1c(C)cc(Br)c(C)c1C(Cl)C1CCOC1C. The van der Waals surface area contributed by atoms with Gasteiger partial charge in [-0.1, -0.05) is 15.9 Å². The van der Waals surface area contributed by atoms with Crippen LogP contribution in [0.2, 0.25) is 0 Å². The zero-order chi connectivity index (χ0) is 14.2. The van der Waals surface area contributed by atoms with Crippen molar-refractivity contribution in [2.75, 3.05) is 13.7 Å². The average Bonchev–Trinajstić information content (AvgIpc) is 2.79. The molecule has 1 aromatic carbocycles. The smallest absolute Gasteiger partial charge is 0.126 e. The first-order valence-corrected chi connectivity index (χ1v) is 7.79. The summed E-state index contributed by atoms with van der Waals surface area (Å²) in [5.41, 5.74) is 3.35. The normalized spacial score (nSPS) is 24.5. The topological polar surface area (TPSA) is 18.5 Å². The summed E-state index contributed by atoms with van der Waals surface area (Å²) in [5, 5.41) is -0.0800. The van der Waals surface area contributed by atoms with Crippen LogP contribution in [0.25, 0.3) is 0 Å². The average molecular weight is 348 g/mol. The zero-order valence-electron chi connectivity index (χ0n) is 11.8. The molecule has 0 aromatic heterocycles. The maximum absolute atomic E-state index is 6.76. The molecule has 4 heteroatoms. The van der Waals surface area contributed by atoms with Crippen LogP contribution in [-0.4, -0.2) is 19.8 Å². The predicted octanol–water partition coefficient (Wildman–Crippen LogP) is 4.78. The van der Waals surface area contributed by atoms with Crippen LogP contribution in [0.5, 0.6) is 5.75 Å². The van der Waals surface area contributed by atoms with Crippen molar-refractivity contribution < 1.29 is 9.47 Å². The maximum Gasteiger partial charge on any atom is 0.126 e. The molecular weight excluding hydrogens is 328 g/mol. The van der Waals surface area contributed by atoms with E-state index in [0.29, 0.717) is 5.92 Å². The minimum absolute atomic E-state index is 0.0800. The van der Waals surface area contributed by atoms with Gasteiger partial charge in [-0.3, -0.25) is 0 Å². The molecule has 0 bridgehead atoms. The fraction of sp³-hybridized carbons (Fsp3) is 0.600. The second-order valence-electron chi connectivity index (χ2n) is 5.18. The highest BCUT2D eigenvalue weighted by atomic mass is 79.9. The van der Waals surface area contributed by atoms with Crippen molar-refractivity contribution in [3.63, 3.8) is 0 Å². The summed E-state index contributed by atoms with van der Waals surface area (Å²) in [6.45, 7) is 7.02. The van der Waals surface area contributed by atoms with Crippen LogP contribution in [0.1, 0.15) is 35.4 Å². The van der Waals surface area contributed by atoms with Crippen LogP contribution in [0.4, 0.5) is 0 Å². The number of hydrogen-bond donors (Lipinski definition) is 0. The van der Waals surface area contributed by atoms with Gasteiger partial charge in [0.05, 0.1) is 18.6 Å². The molecule has 1 heterocycles. The molecule has 1 aromatic rings. The van der Waals surface area contributed by atoms with Gasteiger partial charge in [-0.15, -0.1) is 11.6 Å². The van der Waals surface area contributed by atoms with Gasteiger partial charge >= 0.3 is 0 Å². The highest BCUT2D eigenvalue weighted by Crippen LogP contribution is 2.45. The van der Waals surface area contributed by atoms with Gasteiger partial charge < -0.3 is 9.47 Å². The molecule has 2 rings (SSSR count). The van der Waals surface area contributed by atoms with Crippen LogP contribution in [0.3, 0.4) is 0 Å². The number of aryl methyl sites for hydroxylation is 1. The zero-order valence-corrected chi connectivity index (χ0v) is 14.1. The molecule has 1 aliphatic rings. The number of hydrogen-bond acceptors (Lipinski definition) is 2. The van der Waals surface area contributed by atoms with E-state index in [1.54, 1.807) is 7.11 Å². The molecular formula is C15H20BrClO2. The molecule has 0 N–H and O–H groups in total. The third-order valence-corrected chi connectivity index (χ3v) is 5.36. The van der Waals surface area contributed by atoms with Gasteiger partial charge in [0.1, 0.15) is 5.75 Å². The van der Waals surface area contributed by atoms with Crippen molar-refractivity contribution in [1.29, 1.82) is 0 Å². The molecule has 19 heavy (non-hydrogen) atoms. The number of benzene rings is 1. The molecule has 1 fully saturated rings. The summed E-state index contributed by atoms with van der Waals surface area (Å²) < 4.78 is 12.3. The molecule has 2 nitrogen and oxygen atoms in total. The van der Waals surface area contributed by atoms with Gasteiger partial charge in [0, 0.05) is 22.6 Å². The quantitative estimate of drug-likeness (QED) is 0.733. The Balaban J connectivity index is 2.48. The molecule has 0 spiro atoms. The number of rotatable bonds is 3. The van der Waals surface area contributed by atoms with Crippen molar-refractivity contribution in [2.24, 2.45) is 5.92 Å². The Morgan fingerprint density at radius 2 is 2.16 bits per heavy atom. The first kappa shape index (κ1) is 15.1. The standard InChI is InChI=1S/C15H20BrClO2/c1-8-7-12(16)9(2)13(15(8)18-4)14(17)11-5-6-19-10(11)3/h7,10-11,14H,5-6H2,1-4H3. The highest BCUT2D eigenvalue weighted by molar-refractivity contribution is 9.10. The van der Waals surface area contributed by atoms with E-state index in [-0.39, 0.29) is 11.5 Å². The molecule has 1 saturated heterocycles. The lowest BCUT2D eigenvalue weighted by Crippen LogP contribution is -2.18. The van der Waals surface area contributed by atoms with E-state index in [1.807, 2.05) is 6.92 Å². The van der Waals surface area contributed by atoms with Gasteiger partial charge in [0.15, 0.2) is 0 Å². The molecule has 3 atom stereocenters. The Morgan fingerprint density at radius 3 is 2.68 bits per heavy atom.